The summed E-state index contributed by atoms with van der Waals surface area (Å²) in [4.78, 5) is 97.8. The molecule has 9 rings (SSSR count). The number of carbonyl (C=O) groups excluding carboxylic acids is 6. The fourth-order valence-corrected chi connectivity index (χ4v) is 10.2. The van der Waals surface area contributed by atoms with E-state index in [1.165, 1.54) is 7.11 Å². The van der Waals surface area contributed by atoms with Gasteiger partial charge in [0.1, 0.15) is 24.7 Å². The number of ketones is 2. The van der Waals surface area contributed by atoms with E-state index in [1.807, 2.05) is 73.8 Å². The van der Waals surface area contributed by atoms with Gasteiger partial charge < -0.3 is 29.7 Å². The van der Waals surface area contributed by atoms with Crippen LogP contribution in [-0.2, 0) is 50.1 Å². The molecule has 0 spiro atoms. The van der Waals surface area contributed by atoms with E-state index >= 15 is 0 Å². The maximum absolute atomic E-state index is 14.1. The minimum Gasteiger partial charge on any atom is -0.493 e. The van der Waals surface area contributed by atoms with Crippen molar-refractivity contribution in [1.82, 2.24) is 5.32 Å². The summed E-state index contributed by atoms with van der Waals surface area (Å²) in [6, 6.07) is 26.8. The first-order valence-electron chi connectivity index (χ1n) is 25.9. The SMILES string of the molecule is COc1cc2c(cc1OCc1cc(COc3cc4c(cc3C)C(=O)N3c5ccccc5C[C@H]3C=N4)cc(NC(=O)[C@H](C)CC(=O)[C@H](C)NC(=O)CCCCC(=O)CCCCON)c1)N=C[C@@H]1Cc3ccccc3N1C2=O. The third-order valence-electron chi connectivity index (χ3n) is 14.3. The van der Waals surface area contributed by atoms with Gasteiger partial charge in [-0.05, 0) is 110 Å². The molecule has 4 N–H and O–H groups in total. The number of nitrogens with one attached hydrogen (secondary N) is 2. The predicted molar refractivity (Wildman–Crippen MR) is 290 cm³/mol. The number of carbonyl (C=O) groups is 6. The normalized spacial score (nSPS) is 16.5. The zero-order chi connectivity index (χ0) is 53.5. The molecule has 17 heteroatoms. The van der Waals surface area contributed by atoms with E-state index < -0.39 is 17.9 Å². The third kappa shape index (κ3) is 11.9. The van der Waals surface area contributed by atoms with E-state index in [-0.39, 0.29) is 67.4 Å². The number of hydrogen-bond acceptors (Lipinski definition) is 13. The molecule has 0 aliphatic carbocycles. The highest BCUT2D eigenvalue weighted by molar-refractivity contribution is 6.16. The molecule has 0 unspecified atom stereocenters. The molecule has 0 saturated heterocycles. The largest absolute Gasteiger partial charge is 0.493 e. The molecule has 0 bridgehead atoms. The van der Waals surface area contributed by atoms with Gasteiger partial charge in [-0.1, -0.05) is 43.3 Å². The Morgan fingerprint density at radius 3 is 1.86 bits per heavy atom. The summed E-state index contributed by atoms with van der Waals surface area (Å²) in [6.45, 7) is 5.59. The van der Waals surface area contributed by atoms with Crippen molar-refractivity contribution >= 4 is 76.1 Å². The molecule has 0 aromatic heterocycles. The van der Waals surface area contributed by atoms with Crippen molar-refractivity contribution in [2.24, 2.45) is 21.8 Å². The third-order valence-corrected chi connectivity index (χ3v) is 14.3. The highest BCUT2D eigenvalue weighted by Crippen LogP contribution is 2.42. The van der Waals surface area contributed by atoms with E-state index in [9.17, 15) is 28.8 Å². The van der Waals surface area contributed by atoms with Crippen molar-refractivity contribution in [2.75, 3.05) is 28.8 Å². The first-order chi connectivity index (χ1) is 36.8. The van der Waals surface area contributed by atoms with Crippen molar-refractivity contribution in [3.63, 3.8) is 0 Å². The lowest BCUT2D eigenvalue weighted by atomic mass is 9.99. The average molecular weight is 1030 g/mol. The van der Waals surface area contributed by atoms with Crippen LogP contribution >= 0.6 is 0 Å². The second-order valence-electron chi connectivity index (χ2n) is 19.9. The van der Waals surface area contributed by atoms with Crippen LogP contribution in [0.25, 0.3) is 0 Å². The Kier molecular flexibility index (Phi) is 16.5. The lowest BCUT2D eigenvalue weighted by Crippen LogP contribution is -2.39. The molecule has 4 aliphatic heterocycles. The molecular weight excluding hydrogens is 967 g/mol. The number of hydrogen-bond donors (Lipinski definition) is 3. The summed E-state index contributed by atoms with van der Waals surface area (Å²) >= 11 is 0. The van der Waals surface area contributed by atoms with E-state index in [0.29, 0.717) is 115 Å². The molecular formula is C59H63N7O10. The van der Waals surface area contributed by atoms with Crippen molar-refractivity contribution < 1.29 is 47.8 Å². The van der Waals surface area contributed by atoms with Crippen molar-refractivity contribution in [3.8, 4) is 17.2 Å². The van der Waals surface area contributed by atoms with Crippen LogP contribution in [0.5, 0.6) is 17.2 Å². The number of aliphatic imine (C=N–C) groups is 2. The van der Waals surface area contributed by atoms with E-state index in [2.05, 4.69) is 15.5 Å². The van der Waals surface area contributed by atoms with Gasteiger partial charge in [-0.3, -0.25) is 48.6 Å². The van der Waals surface area contributed by atoms with Crippen LogP contribution in [-0.4, -0.2) is 79.5 Å². The predicted octanol–water partition coefficient (Wildman–Crippen LogP) is 8.97. The minimum atomic E-state index is -0.824. The number of fused-ring (bicyclic) bond motifs is 8. The van der Waals surface area contributed by atoms with Crippen LogP contribution in [0.15, 0.2) is 101 Å². The molecule has 4 aliphatic rings. The topological polar surface area (TPSA) is 221 Å². The Hall–Kier alpha value is -8.02. The highest BCUT2D eigenvalue weighted by atomic mass is 16.6. The van der Waals surface area contributed by atoms with Crippen molar-refractivity contribution in [1.29, 1.82) is 0 Å². The Morgan fingerprint density at radius 1 is 0.697 bits per heavy atom. The number of amides is 4. The number of nitrogens with zero attached hydrogens (tertiary/aromatic N) is 4. The number of ether oxygens (including phenoxy) is 3. The second-order valence-corrected chi connectivity index (χ2v) is 19.9. The number of benzene rings is 5. The van der Waals surface area contributed by atoms with E-state index in [1.54, 1.807) is 60.2 Å². The molecule has 5 aromatic carbocycles. The number of rotatable bonds is 23. The number of methoxy groups -OCH3 is 1. The fourth-order valence-electron chi connectivity index (χ4n) is 10.2. The summed E-state index contributed by atoms with van der Waals surface area (Å²) < 4.78 is 18.7. The maximum Gasteiger partial charge on any atom is 0.261 e. The Morgan fingerprint density at radius 2 is 1.25 bits per heavy atom. The molecule has 0 fully saturated rings. The van der Waals surface area contributed by atoms with Crippen LogP contribution in [0.3, 0.4) is 0 Å². The Balaban J connectivity index is 0.888. The standard InChI is InChI=1S/C59H63N7O10/c1-35-21-46-48(61-31-43-26-40-13-5-8-17-50(40)65(43)58(46)71)29-53(35)74-33-38-23-39(34-75-55-30-49-47(28-54(55)73-4)59(72)66-44(32-62-49)27-41-14-6-9-18-51(41)66)25-42(24-38)64-57(70)36(2)22-52(68)37(3)63-56(69)19-10-7-15-45(67)16-11-12-20-76-60/h5-6,8-9,13-14,17-18,21,23-25,28-32,36-37,43-44H,7,10-12,15-16,19-20,22,26-27,33-34,60H2,1-4H3,(H,63,69)(H,64,70)/t36-,37+,43+,44+/m1/s1. The Labute approximate surface area is 441 Å². The lowest BCUT2D eigenvalue weighted by Gasteiger charge is -2.22. The summed E-state index contributed by atoms with van der Waals surface area (Å²) in [5.74, 6) is 4.26. The minimum absolute atomic E-state index is 0.00771. The van der Waals surface area contributed by atoms with Gasteiger partial charge in [-0.2, -0.15) is 0 Å². The van der Waals surface area contributed by atoms with Gasteiger partial charge in [-0.25, -0.2) is 5.90 Å². The smallest absolute Gasteiger partial charge is 0.261 e. The number of para-hydroxylation sites is 2. The van der Waals surface area contributed by atoms with Gasteiger partial charge in [0.25, 0.3) is 11.8 Å². The molecule has 4 atom stereocenters. The van der Waals surface area contributed by atoms with Gasteiger partial charge in [-0.15, -0.1) is 0 Å². The molecule has 17 nitrogen and oxygen atoms in total. The molecule has 0 radical (unpaired) electrons. The van der Waals surface area contributed by atoms with E-state index in [4.69, 9.17) is 30.1 Å². The summed E-state index contributed by atoms with van der Waals surface area (Å²) in [5, 5.41) is 5.72. The molecule has 4 amide bonds. The van der Waals surface area contributed by atoms with Crippen LogP contribution in [0.4, 0.5) is 28.4 Å². The average Bonchev–Trinajstić information content (AvgIpc) is 3.91. The molecule has 76 heavy (non-hydrogen) atoms. The van der Waals surface area contributed by atoms with Crippen LogP contribution in [0.1, 0.15) is 114 Å². The Bertz CT molecular complexity index is 3130. The first kappa shape index (κ1) is 52.8. The number of aryl methyl sites for hydroxylation is 1. The van der Waals surface area contributed by atoms with Crippen LogP contribution in [0.2, 0.25) is 0 Å². The molecule has 394 valence electrons. The van der Waals surface area contributed by atoms with Crippen molar-refractivity contribution in [3.05, 3.63) is 130 Å². The van der Waals surface area contributed by atoms with Gasteiger partial charge in [0.2, 0.25) is 11.8 Å². The number of anilines is 3. The quantitative estimate of drug-likeness (QED) is 0.0414. The summed E-state index contributed by atoms with van der Waals surface area (Å²) in [6.07, 6.45) is 8.27. The lowest BCUT2D eigenvalue weighted by molar-refractivity contribution is -0.129. The number of Topliss-reactive ketones (excluding diaryl/α,β-unsaturated/α-hetero) is 2. The first-order valence-corrected chi connectivity index (χ1v) is 25.9. The molecule has 5 aromatic rings. The van der Waals surface area contributed by atoms with Gasteiger partial charge in [0.15, 0.2) is 17.3 Å². The fraction of sp³-hybridized carbons (Fsp3) is 0.356. The van der Waals surface area contributed by atoms with Crippen LogP contribution < -0.4 is 40.5 Å². The summed E-state index contributed by atoms with van der Waals surface area (Å²) in [7, 11) is 1.50. The number of nitrogens with two attached hydrogens (primary N) is 1. The summed E-state index contributed by atoms with van der Waals surface area (Å²) in [5.41, 5.74) is 8.20. The number of unbranched alkanes of at least 4 members (excludes halogenated alkanes) is 2. The molecule has 4 heterocycles. The van der Waals surface area contributed by atoms with Gasteiger partial charge in [0, 0.05) is 86.1 Å². The van der Waals surface area contributed by atoms with E-state index in [0.717, 1.165) is 28.1 Å². The second kappa shape index (κ2) is 23.7. The zero-order valence-electron chi connectivity index (χ0n) is 43.3. The van der Waals surface area contributed by atoms with Crippen LogP contribution in [0, 0.1) is 12.8 Å². The molecule has 0 saturated carbocycles. The maximum atomic E-state index is 14.1. The van der Waals surface area contributed by atoms with Gasteiger partial charge >= 0.3 is 0 Å². The van der Waals surface area contributed by atoms with Crippen molar-refractivity contribution in [2.45, 2.75) is 116 Å². The highest BCUT2D eigenvalue weighted by Gasteiger charge is 2.38. The zero-order valence-corrected chi connectivity index (χ0v) is 43.3. The van der Waals surface area contributed by atoms with Gasteiger partial charge in [0.05, 0.1) is 54.3 Å². The monoisotopic (exact) mass is 1030 g/mol.